The van der Waals surface area contributed by atoms with Crippen molar-refractivity contribution in [3.05, 3.63) is 194 Å². The molecule has 12 aromatic rings. The van der Waals surface area contributed by atoms with Gasteiger partial charge in [0.25, 0.3) is 0 Å². The summed E-state index contributed by atoms with van der Waals surface area (Å²) in [6, 6.07) is 69.0. The van der Waals surface area contributed by atoms with Crippen LogP contribution in [0.25, 0.3) is 93.3 Å². The first-order chi connectivity index (χ1) is 27.8. The van der Waals surface area contributed by atoms with Crippen molar-refractivity contribution in [1.29, 1.82) is 0 Å². The predicted octanol–water partition coefficient (Wildman–Crippen LogP) is 14.9. The van der Waals surface area contributed by atoms with Crippen molar-refractivity contribution in [2.45, 2.75) is 0 Å². The van der Waals surface area contributed by atoms with E-state index in [0.29, 0.717) is 0 Å². The van der Waals surface area contributed by atoms with Crippen LogP contribution in [0.1, 0.15) is 0 Å². The van der Waals surface area contributed by atoms with Gasteiger partial charge in [0.15, 0.2) is 0 Å². The highest BCUT2D eigenvalue weighted by molar-refractivity contribution is 6.18. The summed E-state index contributed by atoms with van der Waals surface area (Å²) in [5.41, 5.74) is 12.1. The molecule has 4 heteroatoms. The summed E-state index contributed by atoms with van der Waals surface area (Å²) in [7, 11) is 0. The van der Waals surface area contributed by atoms with Crippen LogP contribution in [0.5, 0.6) is 0 Å². The van der Waals surface area contributed by atoms with Gasteiger partial charge in [0.05, 0.1) is 27.8 Å². The molecule has 0 fully saturated rings. The molecule has 0 aliphatic heterocycles. The summed E-state index contributed by atoms with van der Waals surface area (Å²) in [6.45, 7) is 0. The fraction of sp³-hybridized carbons (Fsp3) is 0. The molecule has 0 N–H and O–H groups in total. The lowest BCUT2D eigenvalue weighted by Gasteiger charge is -2.29. The van der Waals surface area contributed by atoms with Crippen LogP contribution in [0, 0.1) is 0 Å². The highest BCUT2D eigenvalue weighted by atomic mass is 16.3. The van der Waals surface area contributed by atoms with Crippen molar-refractivity contribution in [3.8, 4) is 16.8 Å². The molecule has 4 nitrogen and oxygen atoms in total. The van der Waals surface area contributed by atoms with Crippen LogP contribution in [-0.4, -0.2) is 4.57 Å². The molecule has 0 bridgehead atoms. The summed E-state index contributed by atoms with van der Waals surface area (Å²) in [4.78, 5) is 2.40. The number of aromatic nitrogens is 1. The van der Waals surface area contributed by atoms with Gasteiger partial charge in [-0.25, -0.2) is 0 Å². The van der Waals surface area contributed by atoms with Crippen LogP contribution in [0.2, 0.25) is 0 Å². The van der Waals surface area contributed by atoms with E-state index >= 15 is 0 Å². The van der Waals surface area contributed by atoms with E-state index in [4.69, 9.17) is 8.83 Å². The Bertz CT molecular complexity index is 3460. The predicted molar refractivity (Wildman–Crippen MR) is 233 cm³/mol. The smallest absolute Gasteiger partial charge is 0.143 e. The minimum atomic E-state index is 0.844. The molecule has 9 aromatic carbocycles. The number of para-hydroxylation sites is 5. The average Bonchev–Trinajstić information content (AvgIpc) is 3.94. The number of anilines is 3. The Kier molecular flexibility index (Phi) is 6.60. The lowest BCUT2D eigenvalue weighted by molar-refractivity contribution is 0.669. The van der Waals surface area contributed by atoms with E-state index in [-0.39, 0.29) is 0 Å². The van der Waals surface area contributed by atoms with Gasteiger partial charge in [0.1, 0.15) is 22.3 Å². The lowest BCUT2D eigenvalue weighted by atomic mass is 9.98. The molecule has 0 atom stereocenters. The van der Waals surface area contributed by atoms with E-state index in [0.717, 1.165) is 88.5 Å². The van der Waals surface area contributed by atoms with Crippen LogP contribution < -0.4 is 4.90 Å². The summed E-state index contributed by atoms with van der Waals surface area (Å²) >= 11 is 0. The second kappa shape index (κ2) is 12.0. The Hall–Kier alpha value is -7.56. The van der Waals surface area contributed by atoms with Gasteiger partial charge < -0.3 is 18.3 Å². The monoisotopic (exact) mass is 716 g/mol. The third-order valence-corrected chi connectivity index (χ3v) is 11.4. The zero-order valence-corrected chi connectivity index (χ0v) is 30.2. The molecule has 3 aromatic heterocycles. The molecule has 0 aliphatic rings. The maximum absolute atomic E-state index is 6.93. The Morgan fingerprint density at radius 1 is 0.375 bits per heavy atom. The van der Waals surface area contributed by atoms with E-state index in [2.05, 4.69) is 191 Å². The first kappa shape index (κ1) is 30.9. The number of hydrogen-bond acceptors (Lipinski definition) is 3. The second-order valence-corrected chi connectivity index (χ2v) is 14.4. The van der Waals surface area contributed by atoms with E-state index in [1.165, 1.54) is 21.8 Å². The average molecular weight is 717 g/mol. The fourth-order valence-electron chi connectivity index (χ4n) is 8.96. The van der Waals surface area contributed by atoms with Crippen LogP contribution in [0.3, 0.4) is 0 Å². The molecule has 0 amide bonds. The van der Waals surface area contributed by atoms with Gasteiger partial charge in [-0.05, 0) is 66.0 Å². The van der Waals surface area contributed by atoms with Gasteiger partial charge in [0, 0.05) is 54.8 Å². The van der Waals surface area contributed by atoms with Gasteiger partial charge in [-0.3, -0.25) is 0 Å². The fourth-order valence-corrected chi connectivity index (χ4v) is 8.96. The van der Waals surface area contributed by atoms with E-state index < -0.39 is 0 Å². The summed E-state index contributed by atoms with van der Waals surface area (Å²) < 4.78 is 15.8. The number of fused-ring (bicyclic) bond motifs is 11. The molecule has 0 saturated heterocycles. The first-order valence-corrected chi connectivity index (χ1v) is 19.0. The van der Waals surface area contributed by atoms with Crippen molar-refractivity contribution in [2.24, 2.45) is 0 Å². The zero-order chi connectivity index (χ0) is 36.7. The van der Waals surface area contributed by atoms with Gasteiger partial charge in [0.2, 0.25) is 0 Å². The third kappa shape index (κ3) is 4.47. The van der Waals surface area contributed by atoms with Crippen molar-refractivity contribution >= 4 is 93.5 Å². The topological polar surface area (TPSA) is 34.5 Å². The molecule has 12 rings (SSSR count). The molecule has 56 heavy (non-hydrogen) atoms. The van der Waals surface area contributed by atoms with Crippen LogP contribution in [0.15, 0.2) is 203 Å². The molecular formula is C52H32N2O2. The number of rotatable bonds is 5. The SMILES string of the molecule is c1cc(N(c2ccccc2-c2cccc3c2oc2c4ccccc4ccc32)c2cccc3oc4ccccc4c23)cc(-n2c3ccccc3c3ccccc32)c1. The van der Waals surface area contributed by atoms with Crippen LogP contribution in [-0.2, 0) is 0 Å². The largest absolute Gasteiger partial charge is 0.456 e. The Morgan fingerprint density at radius 3 is 1.84 bits per heavy atom. The Balaban J connectivity index is 1.15. The number of benzene rings is 9. The maximum Gasteiger partial charge on any atom is 0.143 e. The molecule has 0 aliphatic carbocycles. The number of nitrogens with zero attached hydrogens (tertiary/aromatic N) is 2. The highest BCUT2D eigenvalue weighted by Gasteiger charge is 2.24. The van der Waals surface area contributed by atoms with Crippen LogP contribution >= 0.6 is 0 Å². The minimum absolute atomic E-state index is 0.844. The molecule has 3 heterocycles. The molecule has 0 radical (unpaired) electrons. The third-order valence-electron chi connectivity index (χ3n) is 11.4. The second-order valence-electron chi connectivity index (χ2n) is 14.4. The number of hydrogen-bond donors (Lipinski definition) is 0. The molecule has 0 unspecified atom stereocenters. The molecule has 262 valence electrons. The first-order valence-electron chi connectivity index (χ1n) is 19.0. The van der Waals surface area contributed by atoms with E-state index in [1.807, 2.05) is 12.1 Å². The normalized spacial score (nSPS) is 11.9. The molecular weight excluding hydrogens is 685 g/mol. The Labute approximate surface area is 321 Å². The summed E-state index contributed by atoms with van der Waals surface area (Å²) in [5, 5.41) is 9.09. The summed E-state index contributed by atoms with van der Waals surface area (Å²) in [5.74, 6) is 0. The van der Waals surface area contributed by atoms with E-state index in [9.17, 15) is 0 Å². The van der Waals surface area contributed by atoms with Crippen molar-refractivity contribution in [3.63, 3.8) is 0 Å². The quantitative estimate of drug-likeness (QED) is 0.178. The molecule has 0 spiro atoms. The van der Waals surface area contributed by atoms with Gasteiger partial charge >= 0.3 is 0 Å². The van der Waals surface area contributed by atoms with Crippen molar-refractivity contribution < 1.29 is 8.83 Å². The van der Waals surface area contributed by atoms with Gasteiger partial charge in [-0.1, -0.05) is 133 Å². The van der Waals surface area contributed by atoms with Crippen LogP contribution in [0.4, 0.5) is 17.1 Å². The summed E-state index contributed by atoms with van der Waals surface area (Å²) in [6.07, 6.45) is 0. The highest BCUT2D eigenvalue weighted by Crippen LogP contribution is 2.48. The van der Waals surface area contributed by atoms with Crippen molar-refractivity contribution in [1.82, 2.24) is 4.57 Å². The minimum Gasteiger partial charge on any atom is -0.456 e. The van der Waals surface area contributed by atoms with Crippen molar-refractivity contribution in [2.75, 3.05) is 4.90 Å². The van der Waals surface area contributed by atoms with Gasteiger partial charge in [-0.2, -0.15) is 0 Å². The van der Waals surface area contributed by atoms with E-state index in [1.54, 1.807) is 0 Å². The zero-order valence-electron chi connectivity index (χ0n) is 30.2. The Morgan fingerprint density at radius 2 is 0.982 bits per heavy atom. The molecule has 0 saturated carbocycles. The standard InChI is InChI=1S/C52H32N2O2/c1-2-17-36-33(14-1)30-31-42-41-23-12-22-40(52(41)56-51(36)42)39-20-5-9-26-46(39)54(47-27-13-29-49-50(47)43-21-6-10-28-48(43)55-49)35-16-11-15-34(32-35)53-44-24-7-3-18-37(44)38-19-4-8-25-45(38)53/h1-32H. The number of furan rings is 2. The van der Waals surface area contributed by atoms with Gasteiger partial charge in [-0.15, -0.1) is 0 Å². The lowest BCUT2D eigenvalue weighted by Crippen LogP contribution is -2.12. The maximum atomic E-state index is 6.93.